The molecule has 0 aliphatic rings. The zero-order valence-electron chi connectivity index (χ0n) is 10.1. The highest BCUT2D eigenvalue weighted by Gasteiger charge is 2.14. The van der Waals surface area contributed by atoms with Gasteiger partial charge in [0.2, 0.25) is 0 Å². The minimum absolute atomic E-state index is 0.0493. The van der Waals surface area contributed by atoms with Crippen LogP contribution in [0.1, 0.15) is 17.0 Å². The quantitative estimate of drug-likeness (QED) is 0.863. The Balaban J connectivity index is 2.26. The van der Waals surface area contributed by atoms with E-state index in [0.717, 1.165) is 10.0 Å². The monoisotopic (exact) mass is 342 g/mol. The fourth-order valence-electron chi connectivity index (χ4n) is 2.01. The van der Waals surface area contributed by atoms with Crippen LogP contribution in [0.3, 0.4) is 0 Å². The lowest BCUT2D eigenvalue weighted by Crippen LogP contribution is -2.09. The molecular formula is C15H13BrClFO. The molecular weight excluding hydrogens is 331 g/mol. The van der Waals surface area contributed by atoms with Gasteiger partial charge < -0.3 is 5.11 Å². The smallest absolute Gasteiger partial charge is 0.126 e. The molecule has 2 aromatic rings. The normalized spacial score (nSPS) is 12.4. The summed E-state index contributed by atoms with van der Waals surface area (Å²) < 4.78 is 14.6. The molecule has 0 saturated carbocycles. The summed E-state index contributed by atoms with van der Waals surface area (Å²) in [6, 6.07) is 12.1. The molecule has 0 aliphatic heterocycles. The van der Waals surface area contributed by atoms with E-state index < -0.39 is 0 Å². The van der Waals surface area contributed by atoms with Crippen LogP contribution in [0.5, 0.6) is 0 Å². The number of hydrogen-bond acceptors (Lipinski definition) is 1. The molecule has 0 aliphatic carbocycles. The zero-order chi connectivity index (χ0) is 13.8. The predicted molar refractivity (Wildman–Crippen MR) is 79.1 cm³/mol. The second kappa shape index (κ2) is 6.51. The third-order valence-electron chi connectivity index (χ3n) is 3.01. The second-order valence-corrected chi connectivity index (χ2v) is 5.73. The average molecular weight is 344 g/mol. The average Bonchev–Trinajstić information content (AvgIpc) is 2.39. The third kappa shape index (κ3) is 3.78. The maximum Gasteiger partial charge on any atom is 0.126 e. The van der Waals surface area contributed by atoms with Crippen molar-refractivity contribution < 1.29 is 9.50 Å². The van der Waals surface area contributed by atoms with Gasteiger partial charge in [0.25, 0.3) is 0 Å². The van der Waals surface area contributed by atoms with E-state index in [4.69, 9.17) is 11.6 Å². The Labute approximate surface area is 125 Å². The van der Waals surface area contributed by atoms with Crippen molar-refractivity contribution in [1.29, 1.82) is 0 Å². The van der Waals surface area contributed by atoms with Gasteiger partial charge in [-0.15, -0.1) is 0 Å². The molecule has 1 N–H and O–H groups in total. The highest BCUT2D eigenvalue weighted by atomic mass is 79.9. The lowest BCUT2D eigenvalue weighted by atomic mass is 9.92. The van der Waals surface area contributed by atoms with Crippen LogP contribution in [0.15, 0.2) is 46.9 Å². The third-order valence-corrected chi connectivity index (χ3v) is 3.74. The van der Waals surface area contributed by atoms with Crippen molar-refractivity contribution in [1.82, 2.24) is 0 Å². The first-order valence-electron chi connectivity index (χ1n) is 5.90. The molecule has 0 spiro atoms. The van der Waals surface area contributed by atoms with Gasteiger partial charge >= 0.3 is 0 Å². The van der Waals surface area contributed by atoms with Crippen LogP contribution in [0.2, 0.25) is 5.02 Å². The highest BCUT2D eigenvalue weighted by molar-refractivity contribution is 9.10. The summed E-state index contributed by atoms with van der Waals surface area (Å²) in [5.41, 5.74) is 1.49. The largest absolute Gasteiger partial charge is 0.396 e. The van der Waals surface area contributed by atoms with Gasteiger partial charge in [0, 0.05) is 15.4 Å². The molecule has 2 rings (SSSR count). The van der Waals surface area contributed by atoms with Crippen LogP contribution in [-0.2, 0) is 6.42 Å². The molecule has 0 heterocycles. The summed E-state index contributed by atoms with van der Waals surface area (Å²) in [4.78, 5) is 0. The van der Waals surface area contributed by atoms with Crippen LogP contribution in [0, 0.1) is 5.82 Å². The molecule has 0 amide bonds. The number of hydrogen-bond donors (Lipinski definition) is 1. The van der Waals surface area contributed by atoms with E-state index in [9.17, 15) is 9.50 Å². The van der Waals surface area contributed by atoms with E-state index >= 15 is 0 Å². The molecule has 1 atom stereocenters. The number of rotatable bonds is 4. The van der Waals surface area contributed by atoms with Gasteiger partial charge in [-0.1, -0.05) is 39.7 Å². The van der Waals surface area contributed by atoms with Crippen molar-refractivity contribution in [2.75, 3.05) is 6.61 Å². The van der Waals surface area contributed by atoms with E-state index in [-0.39, 0.29) is 18.3 Å². The Hall–Kier alpha value is -0.900. The van der Waals surface area contributed by atoms with Crippen molar-refractivity contribution in [2.24, 2.45) is 0 Å². The van der Waals surface area contributed by atoms with Crippen molar-refractivity contribution in [3.05, 3.63) is 68.9 Å². The molecule has 100 valence electrons. The van der Waals surface area contributed by atoms with Crippen LogP contribution in [0.4, 0.5) is 4.39 Å². The molecule has 19 heavy (non-hydrogen) atoms. The van der Waals surface area contributed by atoms with Gasteiger partial charge in [-0.05, 0) is 47.9 Å². The minimum Gasteiger partial charge on any atom is -0.396 e. The Morgan fingerprint density at radius 2 is 2.00 bits per heavy atom. The lowest BCUT2D eigenvalue weighted by molar-refractivity contribution is 0.263. The summed E-state index contributed by atoms with van der Waals surface area (Å²) in [6.45, 7) is -0.0493. The predicted octanol–water partition coefficient (Wildman–Crippen LogP) is 4.56. The maximum atomic E-state index is 13.7. The molecule has 0 saturated heterocycles. The van der Waals surface area contributed by atoms with Crippen LogP contribution in [0.25, 0.3) is 0 Å². The van der Waals surface area contributed by atoms with Gasteiger partial charge in [-0.3, -0.25) is 0 Å². The molecule has 0 fully saturated rings. The Morgan fingerprint density at radius 1 is 1.21 bits per heavy atom. The second-order valence-electron chi connectivity index (χ2n) is 4.37. The van der Waals surface area contributed by atoms with E-state index in [2.05, 4.69) is 15.9 Å². The van der Waals surface area contributed by atoms with Crippen LogP contribution < -0.4 is 0 Å². The first kappa shape index (κ1) is 14.5. The summed E-state index contributed by atoms with van der Waals surface area (Å²) in [6.07, 6.45) is 0.433. The Morgan fingerprint density at radius 3 is 2.68 bits per heavy atom. The van der Waals surface area contributed by atoms with E-state index in [1.165, 1.54) is 6.07 Å². The summed E-state index contributed by atoms with van der Waals surface area (Å²) in [5, 5.41) is 10.1. The number of benzene rings is 2. The van der Waals surface area contributed by atoms with Crippen molar-refractivity contribution >= 4 is 27.5 Å². The summed E-state index contributed by atoms with van der Waals surface area (Å²) >= 11 is 9.27. The van der Waals surface area contributed by atoms with E-state index in [1.54, 1.807) is 24.3 Å². The van der Waals surface area contributed by atoms with Crippen molar-refractivity contribution in [3.8, 4) is 0 Å². The first-order valence-corrected chi connectivity index (χ1v) is 7.07. The van der Waals surface area contributed by atoms with E-state index in [0.29, 0.717) is 17.0 Å². The fourth-order valence-corrected chi connectivity index (χ4v) is 2.62. The maximum absolute atomic E-state index is 13.7. The zero-order valence-corrected chi connectivity index (χ0v) is 12.5. The topological polar surface area (TPSA) is 20.2 Å². The molecule has 0 radical (unpaired) electrons. The number of halogens is 3. The number of aliphatic hydroxyl groups excluding tert-OH is 1. The lowest BCUT2D eigenvalue weighted by Gasteiger charge is -2.15. The van der Waals surface area contributed by atoms with Crippen molar-refractivity contribution in [3.63, 3.8) is 0 Å². The molecule has 1 unspecified atom stereocenters. The van der Waals surface area contributed by atoms with Gasteiger partial charge in [0.1, 0.15) is 5.82 Å². The standard InChI is InChI=1S/C15H13BrClFO/c16-13-4-5-15(18)11(7-13)6-12(9-19)10-2-1-3-14(17)8-10/h1-5,7-8,12,19H,6,9H2. The number of aliphatic hydroxyl groups is 1. The van der Waals surface area contributed by atoms with Gasteiger partial charge in [0.15, 0.2) is 0 Å². The van der Waals surface area contributed by atoms with Crippen LogP contribution >= 0.6 is 27.5 Å². The highest BCUT2D eigenvalue weighted by Crippen LogP contribution is 2.25. The van der Waals surface area contributed by atoms with E-state index in [1.807, 2.05) is 12.1 Å². The minimum atomic E-state index is -0.260. The molecule has 4 heteroatoms. The van der Waals surface area contributed by atoms with Crippen molar-refractivity contribution in [2.45, 2.75) is 12.3 Å². The SMILES string of the molecule is OCC(Cc1cc(Br)ccc1F)c1cccc(Cl)c1. The summed E-state index contributed by atoms with van der Waals surface area (Å²) in [5.74, 6) is -0.425. The molecule has 1 nitrogen and oxygen atoms in total. The fraction of sp³-hybridized carbons (Fsp3) is 0.200. The molecule has 2 aromatic carbocycles. The van der Waals surface area contributed by atoms with Gasteiger partial charge in [-0.2, -0.15) is 0 Å². The molecule has 0 bridgehead atoms. The van der Waals surface area contributed by atoms with Crippen LogP contribution in [-0.4, -0.2) is 11.7 Å². The molecule has 0 aromatic heterocycles. The first-order chi connectivity index (χ1) is 9.10. The summed E-state index contributed by atoms with van der Waals surface area (Å²) in [7, 11) is 0. The Bertz CT molecular complexity index is 574. The van der Waals surface area contributed by atoms with Gasteiger partial charge in [-0.25, -0.2) is 4.39 Å². The Kier molecular flexibility index (Phi) is 4.97. The van der Waals surface area contributed by atoms with Gasteiger partial charge in [0.05, 0.1) is 6.61 Å².